The van der Waals surface area contributed by atoms with Gasteiger partial charge >= 0.3 is 5.97 Å². The van der Waals surface area contributed by atoms with Gasteiger partial charge in [-0.2, -0.15) is 0 Å². The summed E-state index contributed by atoms with van der Waals surface area (Å²) < 4.78 is 33.0. The lowest BCUT2D eigenvalue weighted by molar-refractivity contribution is -0.144. The molecule has 1 aliphatic carbocycles. The number of hydrogen-bond donors (Lipinski definition) is 1. The zero-order valence-electron chi connectivity index (χ0n) is 15.9. The molecule has 3 atom stereocenters. The van der Waals surface area contributed by atoms with E-state index in [1.807, 2.05) is 13.8 Å². The Morgan fingerprint density at radius 2 is 2.15 bits per heavy atom. The number of allylic oxidation sites excluding steroid dienone is 1. The Kier molecular flexibility index (Phi) is 7.43. The number of ether oxygens (including phenoxy) is 1. The second-order valence-electron chi connectivity index (χ2n) is 7.21. The van der Waals surface area contributed by atoms with Crippen LogP contribution in [-0.2, 0) is 19.6 Å². The molecule has 1 heterocycles. The van der Waals surface area contributed by atoms with Gasteiger partial charge in [-0.25, -0.2) is 13.1 Å². The maximum Gasteiger partial charge on any atom is 0.306 e. The first-order valence-electron chi connectivity index (χ1n) is 9.11. The highest BCUT2D eigenvalue weighted by atomic mass is 32.2. The van der Waals surface area contributed by atoms with E-state index in [9.17, 15) is 13.2 Å². The van der Waals surface area contributed by atoms with Gasteiger partial charge in [0.15, 0.2) is 0 Å². The molecule has 1 N–H and O–H groups in total. The maximum atomic E-state index is 12.4. The van der Waals surface area contributed by atoms with Crippen molar-refractivity contribution >= 4 is 27.3 Å². The molecule has 1 aliphatic rings. The molecule has 1 aromatic heterocycles. The summed E-state index contributed by atoms with van der Waals surface area (Å²) in [6.07, 6.45) is 3.42. The standard InChI is InChI=1S/C19H29NO4S2/c1-5-24-18(21)11-15-10-17(13(2)3)16(9-14(15)4)12-20-26(22,23)19-7-6-8-25-19/h6-9,13,15-17,20H,5,10-12H2,1-4H3/t15-,16-,17-/m0/s1. The highest BCUT2D eigenvalue weighted by Gasteiger charge is 2.33. The molecule has 0 aliphatic heterocycles. The molecule has 0 amide bonds. The van der Waals surface area contributed by atoms with Crippen molar-refractivity contribution in [2.24, 2.45) is 23.7 Å². The summed E-state index contributed by atoms with van der Waals surface area (Å²) in [5.41, 5.74) is 1.15. The summed E-state index contributed by atoms with van der Waals surface area (Å²) in [5, 5.41) is 1.76. The summed E-state index contributed by atoms with van der Waals surface area (Å²) in [4.78, 5) is 11.9. The molecule has 0 aromatic carbocycles. The van der Waals surface area contributed by atoms with Gasteiger partial charge in [-0.05, 0) is 55.4 Å². The summed E-state index contributed by atoms with van der Waals surface area (Å²) in [6, 6.07) is 3.35. The fourth-order valence-electron chi connectivity index (χ4n) is 3.62. The zero-order valence-corrected chi connectivity index (χ0v) is 17.5. The Bertz CT molecular complexity index is 723. The molecule has 2 rings (SSSR count). The number of hydrogen-bond acceptors (Lipinski definition) is 5. The summed E-state index contributed by atoms with van der Waals surface area (Å²) >= 11 is 1.22. The Morgan fingerprint density at radius 3 is 2.73 bits per heavy atom. The van der Waals surface area contributed by atoms with Gasteiger partial charge in [0, 0.05) is 6.54 Å². The van der Waals surface area contributed by atoms with E-state index in [-0.39, 0.29) is 17.8 Å². The third-order valence-corrected chi connectivity index (χ3v) is 7.89. The van der Waals surface area contributed by atoms with E-state index in [0.717, 1.165) is 12.0 Å². The number of esters is 1. The Morgan fingerprint density at radius 1 is 1.42 bits per heavy atom. The lowest BCUT2D eigenvalue weighted by atomic mass is 9.70. The van der Waals surface area contributed by atoms with Crippen LogP contribution in [0.3, 0.4) is 0 Å². The first-order valence-corrected chi connectivity index (χ1v) is 11.5. The number of thiophene rings is 1. The van der Waals surface area contributed by atoms with Crippen LogP contribution in [0.15, 0.2) is 33.4 Å². The smallest absolute Gasteiger partial charge is 0.306 e. The highest BCUT2D eigenvalue weighted by Crippen LogP contribution is 2.39. The van der Waals surface area contributed by atoms with Gasteiger partial charge in [-0.15, -0.1) is 11.3 Å². The molecule has 5 nitrogen and oxygen atoms in total. The second-order valence-corrected chi connectivity index (χ2v) is 10.1. The molecular weight excluding hydrogens is 370 g/mol. The van der Waals surface area contributed by atoms with Crippen molar-refractivity contribution in [3.63, 3.8) is 0 Å². The molecule has 0 unspecified atom stereocenters. The number of rotatable bonds is 8. The lowest BCUT2D eigenvalue weighted by Crippen LogP contribution is -2.37. The van der Waals surface area contributed by atoms with Crippen molar-refractivity contribution in [1.29, 1.82) is 0 Å². The second kappa shape index (κ2) is 9.15. The van der Waals surface area contributed by atoms with E-state index in [1.165, 1.54) is 11.3 Å². The van der Waals surface area contributed by atoms with Crippen LogP contribution in [0, 0.1) is 23.7 Å². The van der Waals surface area contributed by atoms with Crippen molar-refractivity contribution in [3.8, 4) is 0 Å². The predicted molar refractivity (Wildman–Crippen MR) is 104 cm³/mol. The SMILES string of the molecule is CCOC(=O)C[C@@H]1C[C@@H](C(C)C)[C@H](CNS(=O)(=O)c2cccs2)C=C1C. The van der Waals surface area contributed by atoms with E-state index in [1.54, 1.807) is 17.5 Å². The van der Waals surface area contributed by atoms with Crippen LogP contribution in [-0.4, -0.2) is 27.5 Å². The van der Waals surface area contributed by atoms with E-state index >= 15 is 0 Å². The Balaban J connectivity index is 2.09. The fourth-order valence-corrected chi connectivity index (χ4v) is 5.73. The molecule has 0 fully saturated rings. The normalized spacial score (nSPS) is 23.7. The summed E-state index contributed by atoms with van der Waals surface area (Å²) in [7, 11) is -3.46. The van der Waals surface area contributed by atoms with Crippen LogP contribution in [0.25, 0.3) is 0 Å². The van der Waals surface area contributed by atoms with E-state index < -0.39 is 10.0 Å². The molecule has 146 valence electrons. The Labute approximate surface area is 160 Å². The molecule has 0 bridgehead atoms. The van der Waals surface area contributed by atoms with Crippen LogP contribution >= 0.6 is 11.3 Å². The van der Waals surface area contributed by atoms with E-state index in [4.69, 9.17) is 4.74 Å². The van der Waals surface area contributed by atoms with Gasteiger partial charge in [0.2, 0.25) is 10.0 Å². The average Bonchev–Trinajstić information content (AvgIpc) is 3.10. The van der Waals surface area contributed by atoms with Gasteiger partial charge in [-0.3, -0.25) is 4.79 Å². The molecule has 7 heteroatoms. The van der Waals surface area contributed by atoms with Crippen LogP contribution < -0.4 is 4.72 Å². The van der Waals surface area contributed by atoms with Crippen molar-refractivity contribution < 1.29 is 17.9 Å². The van der Waals surface area contributed by atoms with Crippen molar-refractivity contribution in [2.45, 2.75) is 44.7 Å². The number of carbonyl (C=O) groups excluding carboxylic acids is 1. The fraction of sp³-hybridized carbons (Fsp3) is 0.632. The van der Waals surface area contributed by atoms with Crippen molar-refractivity contribution in [1.82, 2.24) is 4.72 Å². The maximum absolute atomic E-state index is 12.4. The third kappa shape index (κ3) is 5.41. The van der Waals surface area contributed by atoms with E-state index in [0.29, 0.717) is 35.6 Å². The van der Waals surface area contributed by atoms with Gasteiger partial charge < -0.3 is 4.74 Å². The molecule has 0 radical (unpaired) electrons. The van der Waals surface area contributed by atoms with Crippen LogP contribution in [0.2, 0.25) is 0 Å². The minimum atomic E-state index is -3.46. The van der Waals surface area contributed by atoms with E-state index in [2.05, 4.69) is 24.6 Å². The molecule has 0 saturated heterocycles. The minimum absolute atomic E-state index is 0.128. The van der Waals surface area contributed by atoms with Crippen molar-refractivity contribution in [2.75, 3.05) is 13.2 Å². The van der Waals surface area contributed by atoms with Gasteiger partial charge in [0.1, 0.15) is 4.21 Å². The number of sulfonamides is 1. The average molecular weight is 400 g/mol. The monoisotopic (exact) mass is 399 g/mol. The quantitative estimate of drug-likeness (QED) is 0.532. The topological polar surface area (TPSA) is 72.5 Å². The Hall–Kier alpha value is -1.18. The molecule has 26 heavy (non-hydrogen) atoms. The summed E-state index contributed by atoms with van der Waals surface area (Å²) in [5.74, 6) is 0.865. The lowest BCUT2D eigenvalue weighted by Gasteiger charge is -2.37. The molecule has 0 saturated carbocycles. The largest absolute Gasteiger partial charge is 0.466 e. The van der Waals surface area contributed by atoms with Gasteiger partial charge in [-0.1, -0.05) is 31.6 Å². The highest BCUT2D eigenvalue weighted by molar-refractivity contribution is 7.91. The van der Waals surface area contributed by atoms with Gasteiger partial charge in [0.25, 0.3) is 0 Å². The molecule has 1 aromatic rings. The predicted octanol–water partition coefficient (Wildman–Crippen LogP) is 3.83. The van der Waals surface area contributed by atoms with Crippen molar-refractivity contribution in [3.05, 3.63) is 29.2 Å². The number of carbonyl (C=O) groups is 1. The first kappa shape index (κ1) is 21.1. The molecule has 0 spiro atoms. The van der Waals surface area contributed by atoms with Crippen LogP contribution in [0.4, 0.5) is 0 Å². The van der Waals surface area contributed by atoms with Crippen LogP contribution in [0.1, 0.15) is 40.5 Å². The van der Waals surface area contributed by atoms with Crippen LogP contribution in [0.5, 0.6) is 0 Å². The minimum Gasteiger partial charge on any atom is -0.466 e. The first-order chi connectivity index (χ1) is 12.2. The zero-order chi connectivity index (χ0) is 19.3. The summed E-state index contributed by atoms with van der Waals surface area (Å²) in [6.45, 7) is 8.93. The van der Waals surface area contributed by atoms with Gasteiger partial charge in [0.05, 0.1) is 13.0 Å². The third-order valence-electron chi connectivity index (χ3n) is 5.07. The number of nitrogens with one attached hydrogen (secondary N) is 1. The molecular formula is C19H29NO4S2.